The molecule has 0 bridgehead atoms. The summed E-state index contributed by atoms with van der Waals surface area (Å²) in [6, 6.07) is 38.2. The van der Waals surface area contributed by atoms with Crippen molar-refractivity contribution in [2.24, 2.45) is 4.99 Å². The summed E-state index contributed by atoms with van der Waals surface area (Å²) in [4.78, 5) is 10.9. The summed E-state index contributed by atoms with van der Waals surface area (Å²) in [5, 5.41) is 5.70. The number of fused-ring (bicyclic) bond motifs is 2. The van der Waals surface area contributed by atoms with Crippen molar-refractivity contribution in [1.82, 2.24) is 5.06 Å². The van der Waals surface area contributed by atoms with Crippen molar-refractivity contribution in [3.8, 4) is 5.75 Å². The predicted molar refractivity (Wildman–Crippen MR) is 148 cm³/mol. The minimum Gasteiger partial charge on any atom is -0.373 e. The zero-order chi connectivity index (χ0) is 23.6. The van der Waals surface area contributed by atoms with Crippen LogP contribution in [0.15, 0.2) is 139 Å². The summed E-state index contributed by atoms with van der Waals surface area (Å²) in [5.74, 6) is 1.45. The van der Waals surface area contributed by atoms with Crippen LogP contribution in [-0.4, -0.2) is 10.9 Å². The number of nitrogens with zero attached hydrogens (tertiary/aromatic N) is 2. The molecule has 0 fully saturated rings. The first-order chi connectivity index (χ1) is 17.3. The van der Waals surface area contributed by atoms with Gasteiger partial charge in [-0.3, -0.25) is 0 Å². The van der Waals surface area contributed by atoms with Crippen molar-refractivity contribution < 1.29 is 4.84 Å². The normalized spacial score (nSPS) is 14.4. The van der Waals surface area contributed by atoms with Crippen LogP contribution in [0.5, 0.6) is 5.75 Å². The maximum atomic E-state index is 6.22. The fraction of sp³-hybridized carbons (Fsp3) is 0. The molecule has 35 heavy (non-hydrogen) atoms. The van der Waals surface area contributed by atoms with Crippen LogP contribution < -0.4 is 20.8 Å². The molecule has 0 unspecified atom stereocenters. The SMILES string of the molecule is C=C1N=C2C=CC(c3cccc(P(c4ccccc4)c4ccccc4)c3)=CN2Oc2ccccc21. The predicted octanol–water partition coefficient (Wildman–Crippen LogP) is 6.03. The van der Waals surface area contributed by atoms with E-state index in [4.69, 9.17) is 4.84 Å². The van der Waals surface area contributed by atoms with Gasteiger partial charge in [0.1, 0.15) is 0 Å². The van der Waals surface area contributed by atoms with Gasteiger partial charge in [0.25, 0.3) is 0 Å². The molecule has 0 saturated heterocycles. The third-order valence-electron chi connectivity index (χ3n) is 6.00. The summed E-state index contributed by atoms with van der Waals surface area (Å²) in [7, 11) is -0.675. The number of benzene rings is 4. The van der Waals surface area contributed by atoms with Gasteiger partial charge >= 0.3 is 0 Å². The van der Waals surface area contributed by atoms with E-state index in [0.29, 0.717) is 11.5 Å². The molecule has 2 aliphatic heterocycles. The lowest BCUT2D eigenvalue weighted by atomic mass is 10.0. The van der Waals surface area contributed by atoms with Crippen LogP contribution in [0.3, 0.4) is 0 Å². The van der Waals surface area contributed by atoms with E-state index in [2.05, 4.69) is 103 Å². The van der Waals surface area contributed by atoms with E-state index in [0.717, 1.165) is 22.4 Å². The molecule has 4 aromatic carbocycles. The first kappa shape index (κ1) is 21.3. The number of amidine groups is 1. The number of aliphatic imine (C=N–C) groups is 1. The summed E-state index contributed by atoms with van der Waals surface area (Å²) in [5.41, 5.74) is 3.79. The van der Waals surface area contributed by atoms with Crippen molar-refractivity contribution in [1.29, 1.82) is 0 Å². The number of rotatable bonds is 4. The van der Waals surface area contributed by atoms with Gasteiger partial charge in [0, 0.05) is 11.1 Å². The molecule has 2 aliphatic rings. The van der Waals surface area contributed by atoms with Crippen molar-refractivity contribution in [2.45, 2.75) is 0 Å². The molecule has 168 valence electrons. The van der Waals surface area contributed by atoms with Crippen molar-refractivity contribution in [3.05, 3.63) is 145 Å². The topological polar surface area (TPSA) is 24.8 Å². The van der Waals surface area contributed by atoms with E-state index in [1.165, 1.54) is 15.9 Å². The Morgan fingerprint density at radius 1 is 0.686 bits per heavy atom. The molecule has 0 aromatic heterocycles. The molecular formula is C31H23N2OP. The molecule has 0 spiro atoms. The van der Waals surface area contributed by atoms with Gasteiger partial charge in [-0.15, -0.1) is 0 Å². The number of para-hydroxylation sites is 1. The van der Waals surface area contributed by atoms with Crippen LogP contribution in [0.1, 0.15) is 11.1 Å². The number of hydrogen-bond acceptors (Lipinski definition) is 3. The van der Waals surface area contributed by atoms with Crippen LogP contribution in [0, 0.1) is 0 Å². The lowest BCUT2D eigenvalue weighted by Crippen LogP contribution is -2.29. The second-order valence-corrected chi connectivity index (χ2v) is 10.5. The van der Waals surface area contributed by atoms with Gasteiger partial charge in [0.2, 0.25) is 0 Å². The molecule has 4 heteroatoms. The largest absolute Gasteiger partial charge is 0.373 e. The molecule has 0 radical (unpaired) electrons. The van der Waals surface area contributed by atoms with Crippen molar-refractivity contribution >= 4 is 40.9 Å². The van der Waals surface area contributed by atoms with Gasteiger partial charge in [-0.2, -0.15) is 5.06 Å². The molecule has 0 N–H and O–H groups in total. The van der Waals surface area contributed by atoms with Crippen LogP contribution in [-0.2, 0) is 0 Å². The second kappa shape index (κ2) is 9.21. The second-order valence-electron chi connectivity index (χ2n) is 8.30. The highest BCUT2D eigenvalue weighted by atomic mass is 31.1. The first-order valence-corrected chi connectivity index (χ1v) is 12.9. The summed E-state index contributed by atoms with van der Waals surface area (Å²) < 4.78 is 0. The van der Waals surface area contributed by atoms with Gasteiger partial charge in [0.15, 0.2) is 11.6 Å². The molecule has 0 aliphatic carbocycles. The Bertz CT molecular complexity index is 1450. The molecule has 0 atom stereocenters. The summed E-state index contributed by atoms with van der Waals surface area (Å²) in [6.07, 6.45) is 6.07. The molecule has 6 rings (SSSR count). The van der Waals surface area contributed by atoms with Gasteiger partial charge in [-0.05, 0) is 59.7 Å². The van der Waals surface area contributed by atoms with Gasteiger partial charge in [-0.1, -0.05) is 97.6 Å². The molecule has 2 heterocycles. The fourth-order valence-corrected chi connectivity index (χ4v) is 6.66. The van der Waals surface area contributed by atoms with Crippen LogP contribution in [0.2, 0.25) is 0 Å². The summed E-state index contributed by atoms with van der Waals surface area (Å²) in [6.45, 7) is 4.13. The van der Waals surface area contributed by atoms with E-state index in [1.807, 2.05) is 36.5 Å². The maximum absolute atomic E-state index is 6.22. The van der Waals surface area contributed by atoms with E-state index in [1.54, 1.807) is 5.06 Å². The highest BCUT2D eigenvalue weighted by Gasteiger charge is 2.22. The number of hydroxylamine groups is 2. The van der Waals surface area contributed by atoms with E-state index >= 15 is 0 Å². The Kier molecular flexibility index (Phi) is 5.62. The summed E-state index contributed by atoms with van der Waals surface area (Å²) >= 11 is 0. The lowest BCUT2D eigenvalue weighted by molar-refractivity contribution is 0.0742. The van der Waals surface area contributed by atoms with Crippen LogP contribution >= 0.6 is 7.92 Å². The number of allylic oxidation sites excluding steroid dienone is 2. The average molecular weight is 471 g/mol. The minimum atomic E-state index is -0.675. The molecule has 0 amide bonds. The Morgan fingerprint density at radius 2 is 1.34 bits per heavy atom. The maximum Gasteiger partial charge on any atom is 0.169 e. The molecule has 4 aromatic rings. The Hall–Kier alpha value is -4.20. The smallest absolute Gasteiger partial charge is 0.169 e. The Labute approximate surface area is 206 Å². The monoisotopic (exact) mass is 470 g/mol. The lowest BCUT2D eigenvalue weighted by Gasteiger charge is -2.24. The zero-order valence-corrected chi connectivity index (χ0v) is 20.0. The minimum absolute atomic E-state index is 0.675. The Balaban J connectivity index is 1.39. The third-order valence-corrected chi connectivity index (χ3v) is 8.43. The van der Waals surface area contributed by atoms with Gasteiger partial charge in [-0.25, -0.2) is 4.99 Å². The van der Waals surface area contributed by atoms with E-state index < -0.39 is 7.92 Å². The molecular weight excluding hydrogens is 447 g/mol. The highest BCUT2D eigenvalue weighted by Crippen LogP contribution is 2.35. The quantitative estimate of drug-likeness (QED) is 0.340. The third kappa shape index (κ3) is 4.23. The fourth-order valence-electron chi connectivity index (χ4n) is 4.32. The van der Waals surface area contributed by atoms with Gasteiger partial charge in [0.05, 0.1) is 11.9 Å². The average Bonchev–Trinajstić information content (AvgIpc) is 3.05. The van der Waals surface area contributed by atoms with Crippen molar-refractivity contribution in [3.63, 3.8) is 0 Å². The molecule has 0 saturated carbocycles. The van der Waals surface area contributed by atoms with Gasteiger partial charge < -0.3 is 4.84 Å². The van der Waals surface area contributed by atoms with Crippen LogP contribution in [0.25, 0.3) is 11.3 Å². The van der Waals surface area contributed by atoms with E-state index in [-0.39, 0.29) is 0 Å². The first-order valence-electron chi connectivity index (χ1n) is 11.5. The van der Waals surface area contributed by atoms with Crippen molar-refractivity contribution in [2.75, 3.05) is 0 Å². The zero-order valence-electron chi connectivity index (χ0n) is 19.1. The standard InChI is InChI=1S/C31H23N2OP/c1-23-29-17-8-9-18-30(29)34-33-22-25(19-20-31(33)32-23)24-11-10-16-28(21-24)35(26-12-4-2-5-13-26)27-14-6-3-7-15-27/h2-22H,1H2. The van der Waals surface area contributed by atoms with Crippen LogP contribution in [0.4, 0.5) is 0 Å². The Morgan fingerprint density at radius 3 is 2.09 bits per heavy atom. The van der Waals surface area contributed by atoms with E-state index in [9.17, 15) is 0 Å². The molecule has 3 nitrogen and oxygen atoms in total. The number of hydrogen-bond donors (Lipinski definition) is 0. The highest BCUT2D eigenvalue weighted by molar-refractivity contribution is 7.79.